The Morgan fingerprint density at radius 2 is 0.905 bits per heavy atom. The molecule has 0 aliphatic rings. The zero-order valence-electron chi connectivity index (χ0n) is 11.7. The van der Waals surface area contributed by atoms with Crippen LogP contribution >= 0.6 is 0 Å². The van der Waals surface area contributed by atoms with Gasteiger partial charge in [-0.1, -0.05) is 24.3 Å². The van der Waals surface area contributed by atoms with Gasteiger partial charge in [-0.2, -0.15) is 0 Å². The summed E-state index contributed by atoms with van der Waals surface area (Å²) in [7, 11) is -9.48. The topological polar surface area (TPSA) is 114 Å². The van der Waals surface area contributed by atoms with Gasteiger partial charge in [-0.25, -0.2) is 16.8 Å². The number of hydrogen-bond donors (Lipinski definition) is 0. The Kier molecular flexibility index (Phi) is 10.8. The average molecular weight is 355 g/mol. The fraction of sp³-hybridized carbons (Fsp3) is 0. The Morgan fingerprint density at radius 3 is 1.14 bits per heavy atom. The van der Waals surface area contributed by atoms with Gasteiger partial charge < -0.3 is 9.11 Å². The Hall–Kier alpha value is 1.52. The summed E-state index contributed by atoms with van der Waals surface area (Å²) in [4.78, 5) is -1.10. The molecule has 21 heavy (non-hydrogen) atoms. The number of fused-ring (bicyclic) bond motifs is 1. The molecular weight excluding hydrogens is 349 g/mol. The monoisotopic (exact) mass is 355 g/mol. The van der Waals surface area contributed by atoms with Crippen LogP contribution in [0.4, 0.5) is 0 Å². The molecular formula is C10H6Na3O6S2+. The normalized spacial score (nSPS) is 11.0. The summed E-state index contributed by atoms with van der Waals surface area (Å²) in [6.07, 6.45) is 0. The molecule has 2 aromatic carbocycles. The van der Waals surface area contributed by atoms with E-state index in [0.29, 0.717) is 0 Å². The van der Waals surface area contributed by atoms with Crippen molar-refractivity contribution in [3.8, 4) is 0 Å². The van der Waals surface area contributed by atoms with E-state index in [4.69, 9.17) is 0 Å². The van der Waals surface area contributed by atoms with Gasteiger partial charge in [0.2, 0.25) is 0 Å². The molecule has 11 heteroatoms. The Labute approximate surface area is 189 Å². The van der Waals surface area contributed by atoms with Gasteiger partial charge in [-0.15, -0.1) is 0 Å². The van der Waals surface area contributed by atoms with Gasteiger partial charge in [0.25, 0.3) is 0 Å². The fourth-order valence-corrected chi connectivity index (χ4v) is 3.07. The van der Waals surface area contributed by atoms with E-state index >= 15 is 0 Å². The third-order valence-electron chi connectivity index (χ3n) is 2.38. The van der Waals surface area contributed by atoms with Gasteiger partial charge in [0, 0.05) is 10.8 Å². The van der Waals surface area contributed by atoms with Gasteiger partial charge in [0.15, 0.2) is 0 Å². The second-order valence-electron chi connectivity index (χ2n) is 3.52. The van der Waals surface area contributed by atoms with Crippen LogP contribution in [-0.2, 0) is 20.2 Å². The zero-order valence-corrected chi connectivity index (χ0v) is 19.4. The van der Waals surface area contributed by atoms with Gasteiger partial charge in [-0.05, 0) is 12.1 Å². The second-order valence-corrected chi connectivity index (χ2v) is 6.21. The molecule has 0 N–H and O–H groups in total. The molecule has 0 atom stereocenters. The fourth-order valence-electron chi connectivity index (χ4n) is 1.69. The maximum absolute atomic E-state index is 11.0. The molecule has 0 saturated heterocycles. The van der Waals surface area contributed by atoms with Gasteiger partial charge in [0.1, 0.15) is 20.2 Å². The van der Waals surface area contributed by atoms with E-state index in [1.165, 1.54) is 24.3 Å². The summed E-state index contributed by atoms with van der Waals surface area (Å²) in [6.45, 7) is 0. The van der Waals surface area contributed by atoms with Crippen molar-refractivity contribution in [2.45, 2.75) is 9.79 Å². The summed E-state index contributed by atoms with van der Waals surface area (Å²) in [5.74, 6) is 0. The first-order chi connectivity index (χ1) is 8.21. The Bertz CT molecular complexity index is 762. The summed E-state index contributed by atoms with van der Waals surface area (Å²) in [5.41, 5.74) is 0. The van der Waals surface area contributed by atoms with E-state index in [2.05, 4.69) is 0 Å². The molecule has 0 amide bonds. The zero-order chi connectivity index (χ0) is 13.6. The van der Waals surface area contributed by atoms with Crippen molar-refractivity contribution in [2.75, 3.05) is 0 Å². The van der Waals surface area contributed by atoms with Gasteiger partial charge >= 0.3 is 88.7 Å². The number of rotatable bonds is 2. The van der Waals surface area contributed by atoms with Crippen molar-refractivity contribution in [2.24, 2.45) is 0 Å². The molecule has 0 spiro atoms. The van der Waals surface area contributed by atoms with Crippen LogP contribution in [0.25, 0.3) is 10.8 Å². The molecule has 2 rings (SSSR count). The predicted octanol–water partition coefficient (Wildman–Crippen LogP) is -8.34. The Morgan fingerprint density at radius 1 is 0.619 bits per heavy atom. The van der Waals surface area contributed by atoms with E-state index in [1.54, 1.807) is 0 Å². The maximum Gasteiger partial charge on any atom is 1.00 e. The first-order valence-corrected chi connectivity index (χ1v) is 7.46. The van der Waals surface area contributed by atoms with Crippen LogP contribution in [0.3, 0.4) is 0 Å². The van der Waals surface area contributed by atoms with E-state index in [0.717, 1.165) is 12.1 Å². The second kappa shape index (κ2) is 9.12. The molecule has 0 fully saturated rings. The summed E-state index contributed by atoms with van der Waals surface area (Å²) < 4.78 is 66.1. The van der Waals surface area contributed by atoms with Crippen LogP contribution in [-0.4, -0.2) is 25.9 Å². The van der Waals surface area contributed by atoms with Crippen molar-refractivity contribution in [3.05, 3.63) is 36.4 Å². The van der Waals surface area contributed by atoms with Crippen molar-refractivity contribution in [1.29, 1.82) is 0 Å². The van der Waals surface area contributed by atoms with Gasteiger partial charge in [0.05, 0.1) is 9.79 Å². The van der Waals surface area contributed by atoms with Crippen LogP contribution < -0.4 is 88.7 Å². The minimum atomic E-state index is -4.74. The van der Waals surface area contributed by atoms with E-state index in [-0.39, 0.29) is 99.4 Å². The smallest absolute Gasteiger partial charge is 0.744 e. The molecule has 2 aromatic rings. The quantitative estimate of drug-likeness (QED) is 0.390. The van der Waals surface area contributed by atoms with E-state index < -0.39 is 30.0 Å². The minimum absolute atomic E-state index is 0. The standard InChI is InChI=1S/C10H8O6S2.3Na/c11-17(12,13)9-5-1-3-7-8(9)4-2-6-10(7)18(14,15)16;;;/h1-6H,(H,11,12,13)(H,14,15,16);;;/q;3*+1/p-2. The molecule has 0 radical (unpaired) electrons. The number of benzene rings is 2. The molecule has 0 aromatic heterocycles. The van der Waals surface area contributed by atoms with Crippen LogP contribution in [0, 0.1) is 0 Å². The van der Waals surface area contributed by atoms with Crippen molar-refractivity contribution >= 4 is 31.0 Å². The number of hydrogen-bond acceptors (Lipinski definition) is 6. The summed E-state index contributed by atoms with van der Waals surface area (Å²) in [6, 6.07) is 7.09. The van der Waals surface area contributed by atoms with Crippen LogP contribution in [0.15, 0.2) is 46.2 Å². The average Bonchev–Trinajstić information content (AvgIpc) is 2.24. The molecule has 0 aliphatic heterocycles. The van der Waals surface area contributed by atoms with Crippen LogP contribution in [0.5, 0.6) is 0 Å². The predicted molar refractivity (Wildman–Crippen MR) is 59.9 cm³/mol. The molecule has 96 valence electrons. The van der Waals surface area contributed by atoms with Crippen molar-refractivity contribution in [3.63, 3.8) is 0 Å². The Balaban J connectivity index is 0. The molecule has 0 aliphatic carbocycles. The summed E-state index contributed by atoms with van der Waals surface area (Å²) >= 11 is 0. The molecule has 0 bridgehead atoms. The molecule has 6 nitrogen and oxygen atoms in total. The molecule has 0 unspecified atom stereocenters. The SMILES string of the molecule is O=S(=O)([O-])c1cccc2c(S(=O)(=O)[O-])cccc12.[Na+].[Na+].[Na+]. The van der Waals surface area contributed by atoms with Crippen LogP contribution in [0.1, 0.15) is 0 Å². The van der Waals surface area contributed by atoms with E-state index in [9.17, 15) is 25.9 Å². The van der Waals surface area contributed by atoms with Crippen LogP contribution in [0.2, 0.25) is 0 Å². The summed E-state index contributed by atoms with van der Waals surface area (Å²) in [5, 5.41) is -0.158. The third kappa shape index (κ3) is 5.82. The minimum Gasteiger partial charge on any atom is -0.744 e. The van der Waals surface area contributed by atoms with Crippen molar-refractivity contribution < 1.29 is 115 Å². The van der Waals surface area contributed by atoms with E-state index in [1.807, 2.05) is 0 Å². The maximum atomic E-state index is 11.0. The van der Waals surface area contributed by atoms with Crippen molar-refractivity contribution in [1.82, 2.24) is 0 Å². The first-order valence-electron chi connectivity index (χ1n) is 4.65. The third-order valence-corrected chi connectivity index (χ3v) is 4.17. The molecule has 0 saturated carbocycles. The molecule has 0 heterocycles. The first kappa shape index (κ1) is 24.8. The largest absolute Gasteiger partial charge is 1.00 e. The van der Waals surface area contributed by atoms with Gasteiger partial charge in [-0.3, -0.25) is 0 Å².